The van der Waals surface area contributed by atoms with Crippen molar-refractivity contribution in [2.45, 2.75) is 0 Å². The highest BCUT2D eigenvalue weighted by Gasteiger charge is 2.14. The van der Waals surface area contributed by atoms with Crippen LogP contribution in [0, 0.1) is 0 Å². The van der Waals surface area contributed by atoms with Crippen molar-refractivity contribution in [2.75, 3.05) is 0 Å². The number of nitrogens with one attached hydrogen (secondary N) is 1. The molecule has 0 aliphatic heterocycles. The summed E-state index contributed by atoms with van der Waals surface area (Å²) in [7, 11) is 0. The first kappa shape index (κ1) is 12.5. The quantitative estimate of drug-likeness (QED) is 0.675. The molecule has 0 fully saturated rings. The number of hydrogen-bond donors (Lipinski definition) is 3. The maximum absolute atomic E-state index is 10.9. The van der Waals surface area contributed by atoms with Crippen molar-refractivity contribution in [3.05, 3.63) is 47.0 Å². The van der Waals surface area contributed by atoms with Gasteiger partial charge < -0.3 is 10.2 Å². The number of carbonyl (C=O) groups is 1. The van der Waals surface area contributed by atoms with E-state index < -0.39 is 5.97 Å². The third-order valence-electron chi connectivity index (χ3n) is 3.02. The second kappa shape index (κ2) is 4.54. The van der Waals surface area contributed by atoms with Gasteiger partial charge >= 0.3 is 5.97 Å². The van der Waals surface area contributed by atoms with Crippen LogP contribution in [0.15, 0.2) is 36.4 Å². The van der Waals surface area contributed by atoms with Crippen molar-refractivity contribution >= 4 is 28.5 Å². The van der Waals surface area contributed by atoms with Gasteiger partial charge in [0.25, 0.3) is 0 Å². The van der Waals surface area contributed by atoms with Crippen LogP contribution in [0.5, 0.6) is 5.75 Å². The number of carboxylic acid groups (broad SMARTS) is 1. The van der Waals surface area contributed by atoms with Crippen molar-refractivity contribution < 1.29 is 15.0 Å². The Morgan fingerprint density at radius 2 is 2.00 bits per heavy atom. The van der Waals surface area contributed by atoms with Gasteiger partial charge in [-0.25, -0.2) is 4.79 Å². The molecule has 3 aromatic rings. The highest BCUT2D eigenvalue weighted by Crippen LogP contribution is 2.34. The summed E-state index contributed by atoms with van der Waals surface area (Å²) in [5.74, 6) is -0.946. The Morgan fingerprint density at radius 1 is 1.20 bits per heavy atom. The minimum absolute atomic E-state index is 0.0603. The first-order chi connectivity index (χ1) is 9.56. The van der Waals surface area contributed by atoms with E-state index in [1.807, 2.05) is 0 Å². The van der Waals surface area contributed by atoms with Crippen LogP contribution in [0.3, 0.4) is 0 Å². The van der Waals surface area contributed by atoms with Gasteiger partial charge in [0, 0.05) is 16.0 Å². The number of aromatic hydroxyl groups is 1. The molecular formula is C14H9ClN2O3. The zero-order valence-corrected chi connectivity index (χ0v) is 10.8. The first-order valence-electron chi connectivity index (χ1n) is 5.76. The molecule has 5 nitrogen and oxygen atoms in total. The number of carboxylic acids is 1. The SMILES string of the molecule is O=C(O)c1ccc2c(-c3cc(Cl)ccc3O)n[nH]c2c1. The van der Waals surface area contributed by atoms with E-state index in [9.17, 15) is 9.90 Å². The number of hydrogen-bond acceptors (Lipinski definition) is 3. The zero-order valence-electron chi connectivity index (χ0n) is 10.1. The number of phenolic OH excluding ortho intramolecular Hbond substituents is 1. The van der Waals surface area contributed by atoms with Crippen LogP contribution in [0.25, 0.3) is 22.2 Å². The molecule has 0 spiro atoms. The third kappa shape index (κ3) is 1.98. The molecule has 0 radical (unpaired) electrons. The van der Waals surface area contributed by atoms with Crippen molar-refractivity contribution in [3.8, 4) is 17.0 Å². The van der Waals surface area contributed by atoms with Gasteiger partial charge in [0.15, 0.2) is 0 Å². The molecule has 6 heteroatoms. The van der Waals surface area contributed by atoms with Crippen LogP contribution in [0.1, 0.15) is 10.4 Å². The van der Waals surface area contributed by atoms with E-state index in [4.69, 9.17) is 16.7 Å². The molecule has 0 aliphatic rings. The molecule has 2 aromatic carbocycles. The minimum Gasteiger partial charge on any atom is -0.507 e. The minimum atomic E-state index is -1.01. The van der Waals surface area contributed by atoms with E-state index in [0.29, 0.717) is 27.2 Å². The van der Waals surface area contributed by atoms with Crippen LogP contribution >= 0.6 is 11.6 Å². The number of fused-ring (bicyclic) bond motifs is 1. The van der Waals surface area contributed by atoms with Gasteiger partial charge in [0.05, 0.1) is 11.1 Å². The Hall–Kier alpha value is -2.53. The molecule has 0 saturated heterocycles. The topological polar surface area (TPSA) is 86.2 Å². The molecule has 100 valence electrons. The third-order valence-corrected chi connectivity index (χ3v) is 3.26. The van der Waals surface area contributed by atoms with Crippen molar-refractivity contribution in [1.82, 2.24) is 10.2 Å². The number of rotatable bonds is 2. The van der Waals surface area contributed by atoms with Crippen LogP contribution in [0.2, 0.25) is 5.02 Å². The number of halogens is 1. The number of benzene rings is 2. The second-order valence-corrected chi connectivity index (χ2v) is 4.74. The molecule has 0 aliphatic carbocycles. The first-order valence-corrected chi connectivity index (χ1v) is 6.14. The van der Waals surface area contributed by atoms with E-state index in [0.717, 1.165) is 0 Å². The zero-order chi connectivity index (χ0) is 14.3. The fourth-order valence-corrected chi connectivity index (χ4v) is 2.23. The highest BCUT2D eigenvalue weighted by atomic mass is 35.5. The molecule has 3 rings (SSSR count). The normalized spacial score (nSPS) is 10.8. The summed E-state index contributed by atoms with van der Waals surface area (Å²) in [6.07, 6.45) is 0. The van der Waals surface area contributed by atoms with E-state index in [1.54, 1.807) is 18.2 Å². The Bertz CT molecular complexity index is 826. The van der Waals surface area contributed by atoms with Crippen molar-refractivity contribution in [2.24, 2.45) is 0 Å². The fourth-order valence-electron chi connectivity index (χ4n) is 2.06. The van der Waals surface area contributed by atoms with Gasteiger partial charge in [-0.15, -0.1) is 0 Å². The fraction of sp³-hybridized carbons (Fsp3) is 0. The number of nitrogens with zero attached hydrogens (tertiary/aromatic N) is 1. The Balaban J connectivity index is 2.22. The lowest BCUT2D eigenvalue weighted by molar-refractivity contribution is 0.0697. The van der Waals surface area contributed by atoms with Gasteiger partial charge in [-0.3, -0.25) is 5.10 Å². The van der Waals surface area contributed by atoms with Gasteiger partial charge in [-0.2, -0.15) is 5.10 Å². The summed E-state index contributed by atoms with van der Waals surface area (Å²) >= 11 is 5.92. The van der Waals surface area contributed by atoms with E-state index in [-0.39, 0.29) is 11.3 Å². The molecule has 0 bridgehead atoms. The van der Waals surface area contributed by atoms with Crippen molar-refractivity contribution in [1.29, 1.82) is 0 Å². The number of phenols is 1. The van der Waals surface area contributed by atoms with Crippen LogP contribution in [-0.2, 0) is 0 Å². The average Bonchev–Trinajstić information content (AvgIpc) is 2.84. The predicted molar refractivity (Wildman–Crippen MR) is 75.2 cm³/mol. The smallest absolute Gasteiger partial charge is 0.335 e. The summed E-state index contributed by atoms with van der Waals surface area (Å²) < 4.78 is 0. The van der Waals surface area contributed by atoms with E-state index >= 15 is 0 Å². The van der Waals surface area contributed by atoms with Gasteiger partial charge in [0.2, 0.25) is 0 Å². The Morgan fingerprint density at radius 3 is 2.75 bits per heavy atom. The van der Waals surface area contributed by atoms with Gasteiger partial charge in [-0.05, 0) is 36.4 Å². The lowest BCUT2D eigenvalue weighted by atomic mass is 10.1. The van der Waals surface area contributed by atoms with Crippen LogP contribution in [-0.4, -0.2) is 26.4 Å². The second-order valence-electron chi connectivity index (χ2n) is 4.30. The standard InChI is InChI=1S/C14H9ClN2O3/c15-8-2-4-12(18)10(6-8)13-9-3-1-7(14(19)20)5-11(9)16-17-13/h1-6,18H,(H,16,17)(H,19,20). The monoisotopic (exact) mass is 288 g/mol. The molecule has 1 heterocycles. The van der Waals surface area contributed by atoms with Crippen molar-refractivity contribution in [3.63, 3.8) is 0 Å². The molecular weight excluding hydrogens is 280 g/mol. The molecule has 20 heavy (non-hydrogen) atoms. The number of H-pyrrole nitrogens is 1. The Kier molecular flexibility index (Phi) is 2.84. The highest BCUT2D eigenvalue weighted by molar-refractivity contribution is 6.31. The molecule has 1 aromatic heterocycles. The largest absolute Gasteiger partial charge is 0.507 e. The predicted octanol–water partition coefficient (Wildman–Crippen LogP) is 3.29. The molecule has 0 unspecified atom stereocenters. The lowest BCUT2D eigenvalue weighted by Crippen LogP contribution is -1.94. The summed E-state index contributed by atoms with van der Waals surface area (Å²) in [6, 6.07) is 9.32. The maximum Gasteiger partial charge on any atom is 0.335 e. The lowest BCUT2D eigenvalue weighted by Gasteiger charge is -2.02. The Labute approximate surface area is 118 Å². The van der Waals surface area contributed by atoms with E-state index in [1.165, 1.54) is 18.2 Å². The molecule has 0 amide bonds. The summed E-state index contributed by atoms with van der Waals surface area (Å²) in [4.78, 5) is 10.9. The number of aromatic amines is 1. The number of aromatic nitrogens is 2. The van der Waals surface area contributed by atoms with E-state index in [2.05, 4.69) is 10.2 Å². The summed E-state index contributed by atoms with van der Waals surface area (Å²) in [5, 5.41) is 26.9. The van der Waals surface area contributed by atoms with Gasteiger partial charge in [-0.1, -0.05) is 11.6 Å². The average molecular weight is 289 g/mol. The van der Waals surface area contributed by atoms with Crippen LogP contribution in [0.4, 0.5) is 0 Å². The molecule has 0 atom stereocenters. The summed E-state index contributed by atoms with van der Waals surface area (Å²) in [5.41, 5.74) is 1.77. The summed E-state index contributed by atoms with van der Waals surface area (Å²) in [6.45, 7) is 0. The number of aromatic carboxylic acids is 1. The molecule has 0 saturated carbocycles. The van der Waals surface area contributed by atoms with Gasteiger partial charge in [0.1, 0.15) is 11.4 Å². The molecule has 3 N–H and O–H groups in total. The van der Waals surface area contributed by atoms with Crippen LogP contribution < -0.4 is 0 Å². The maximum atomic E-state index is 10.9.